The maximum atomic E-state index is 2.39. The molecule has 0 N–H and O–H groups in total. The van der Waals surface area contributed by atoms with E-state index < -0.39 is 0 Å². The van der Waals surface area contributed by atoms with Crippen molar-refractivity contribution in [3.05, 3.63) is 199 Å². The third-order valence-electron chi connectivity index (χ3n) is 12.0. The molecule has 0 nitrogen and oxygen atoms in total. The number of allylic oxidation sites excluding steroid dienone is 1. The molecule has 0 amide bonds. The van der Waals surface area contributed by atoms with Crippen LogP contribution < -0.4 is 0 Å². The monoisotopic (exact) mass is 698 g/mol. The molecule has 0 radical (unpaired) electrons. The van der Waals surface area contributed by atoms with Crippen LogP contribution in [0.25, 0.3) is 104 Å². The van der Waals surface area contributed by atoms with Gasteiger partial charge in [-0.05, 0) is 134 Å². The second kappa shape index (κ2) is 12.7. The third-order valence-corrected chi connectivity index (χ3v) is 12.0. The van der Waals surface area contributed by atoms with Crippen molar-refractivity contribution in [1.29, 1.82) is 0 Å². The highest BCUT2D eigenvalue weighted by Gasteiger charge is 2.20. The van der Waals surface area contributed by atoms with Gasteiger partial charge in [-0.15, -0.1) is 0 Å². The quantitative estimate of drug-likeness (QED) is 0.127. The Morgan fingerprint density at radius 1 is 0.364 bits per heavy atom. The molecule has 10 aromatic carbocycles. The van der Waals surface area contributed by atoms with Crippen LogP contribution in [0.1, 0.15) is 18.1 Å². The first-order chi connectivity index (χ1) is 27.2. The summed E-state index contributed by atoms with van der Waals surface area (Å²) in [4.78, 5) is 0. The van der Waals surface area contributed by atoms with E-state index in [0.29, 0.717) is 5.92 Å². The average Bonchev–Trinajstić information content (AvgIpc) is 3.25. The van der Waals surface area contributed by atoms with Gasteiger partial charge in [0.05, 0.1) is 0 Å². The Kier molecular flexibility index (Phi) is 7.32. The fourth-order valence-corrected chi connectivity index (χ4v) is 9.41. The van der Waals surface area contributed by atoms with Gasteiger partial charge in [0.15, 0.2) is 0 Å². The molecule has 0 bridgehead atoms. The maximum absolute atomic E-state index is 2.39. The van der Waals surface area contributed by atoms with Crippen LogP contribution in [-0.4, -0.2) is 0 Å². The summed E-state index contributed by atoms with van der Waals surface area (Å²) < 4.78 is 0. The molecule has 0 saturated heterocycles. The summed E-state index contributed by atoms with van der Waals surface area (Å²) in [6.07, 6.45) is 5.80. The summed E-state index contributed by atoms with van der Waals surface area (Å²) in [5.41, 5.74) is 12.9. The van der Waals surface area contributed by atoms with Crippen LogP contribution in [0.5, 0.6) is 0 Å². The van der Waals surface area contributed by atoms with E-state index in [1.165, 1.54) is 109 Å². The Hall–Kier alpha value is -6.76. The van der Waals surface area contributed by atoms with Crippen molar-refractivity contribution >= 4 is 59.9 Å². The summed E-state index contributed by atoms with van der Waals surface area (Å²) in [5.74, 6) is 0.543. The first-order valence-corrected chi connectivity index (χ1v) is 19.5. The molecule has 55 heavy (non-hydrogen) atoms. The van der Waals surface area contributed by atoms with Gasteiger partial charge in [0.1, 0.15) is 0 Å². The fourth-order valence-electron chi connectivity index (χ4n) is 9.41. The van der Waals surface area contributed by atoms with E-state index in [-0.39, 0.29) is 0 Å². The van der Waals surface area contributed by atoms with Crippen molar-refractivity contribution < 1.29 is 0 Å². The van der Waals surface area contributed by atoms with E-state index in [1.54, 1.807) is 0 Å². The zero-order valence-electron chi connectivity index (χ0n) is 30.8. The molecule has 1 aliphatic rings. The number of rotatable bonds is 4. The van der Waals surface area contributed by atoms with Gasteiger partial charge in [-0.25, -0.2) is 0 Å². The lowest BCUT2D eigenvalue weighted by atomic mass is 9.82. The maximum Gasteiger partial charge on any atom is -0.00264 e. The highest BCUT2D eigenvalue weighted by Crippen LogP contribution is 2.45. The molecular formula is C55H38. The molecule has 10 aromatic rings. The van der Waals surface area contributed by atoms with Crippen LogP contribution in [0, 0.1) is 5.92 Å². The van der Waals surface area contributed by atoms with E-state index >= 15 is 0 Å². The minimum absolute atomic E-state index is 0.543. The predicted octanol–water partition coefficient (Wildman–Crippen LogP) is 15.3. The van der Waals surface area contributed by atoms with Crippen LogP contribution in [0.15, 0.2) is 188 Å². The number of hydrogen-bond donors (Lipinski definition) is 0. The third kappa shape index (κ3) is 5.13. The van der Waals surface area contributed by atoms with Gasteiger partial charge in [-0.3, -0.25) is 0 Å². The van der Waals surface area contributed by atoms with Gasteiger partial charge >= 0.3 is 0 Å². The topological polar surface area (TPSA) is 0 Å². The molecule has 0 saturated carbocycles. The highest BCUT2D eigenvalue weighted by atomic mass is 14.2. The van der Waals surface area contributed by atoms with Crippen molar-refractivity contribution in [2.75, 3.05) is 0 Å². The summed E-state index contributed by atoms with van der Waals surface area (Å²) in [6.45, 7) is 2.32. The van der Waals surface area contributed by atoms with Gasteiger partial charge in [0.2, 0.25) is 0 Å². The van der Waals surface area contributed by atoms with Gasteiger partial charge in [0.25, 0.3) is 0 Å². The second-order valence-corrected chi connectivity index (χ2v) is 15.3. The molecule has 0 aromatic heterocycles. The van der Waals surface area contributed by atoms with Gasteiger partial charge in [-0.1, -0.05) is 189 Å². The van der Waals surface area contributed by atoms with Crippen LogP contribution in [0.4, 0.5) is 0 Å². The van der Waals surface area contributed by atoms with Crippen molar-refractivity contribution in [3.63, 3.8) is 0 Å². The van der Waals surface area contributed by atoms with Crippen molar-refractivity contribution in [2.45, 2.75) is 13.3 Å². The minimum atomic E-state index is 0.543. The van der Waals surface area contributed by atoms with Gasteiger partial charge in [0, 0.05) is 0 Å². The number of fused-ring (bicyclic) bond motifs is 8. The SMILES string of the molecule is CC1C=Cc2c(-c3ccc(-c4c5ccccc5c(-c5ccc(-c6cc7ccccc7c7ccccc67)cc5)c5ccccc45)cc3)cc3ccccc3c2C1. The largest absolute Gasteiger partial charge is 0.0807 e. The molecule has 11 rings (SSSR count). The van der Waals surface area contributed by atoms with E-state index in [4.69, 9.17) is 0 Å². The Balaban J connectivity index is 1.04. The van der Waals surface area contributed by atoms with E-state index in [2.05, 4.69) is 201 Å². The molecule has 1 unspecified atom stereocenters. The molecule has 0 fully saturated rings. The Labute approximate surface area is 321 Å². The lowest BCUT2D eigenvalue weighted by Gasteiger charge is -2.22. The molecule has 1 aliphatic carbocycles. The smallest absolute Gasteiger partial charge is 0.00264 e. The van der Waals surface area contributed by atoms with Crippen LogP contribution in [-0.2, 0) is 6.42 Å². The molecule has 258 valence electrons. The highest BCUT2D eigenvalue weighted by molar-refractivity contribution is 6.21. The first-order valence-electron chi connectivity index (χ1n) is 19.5. The molecule has 1 atom stereocenters. The van der Waals surface area contributed by atoms with Crippen molar-refractivity contribution in [2.24, 2.45) is 5.92 Å². The summed E-state index contributed by atoms with van der Waals surface area (Å²) >= 11 is 0. The Morgan fingerprint density at radius 3 is 1.33 bits per heavy atom. The van der Waals surface area contributed by atoms with Crippen LogP contribution in [0.2, 0.25) is 0 Å². The average molecular weight is 699 g/mol. The van der Waals surface area contributed by atoms with Gasteiger partial charge in [-0.2, -0.15) is 0 Å². The molecule has 0 heteroatoms. The zero-order chi connectivity index (χ0) is 36.5. The number of hydrogen-bond acceptors (Lipinski definition) is 0. The molecule has 0 spiro atoms. The van der Waals surface area contributed by atoms with Gasteiger partial charge < -0.3 is 0 Å². The number of benzene rings is 10. The van der Waals surface area contributed by atoms with E-state index in [0.717, 1.165) is 6.42 Å². The fraction of sp³-hybridized carbons (Fsp3) is 0.0545. The Bertz CT molecular complexity index is 3100. The van der Waals surface area contributed by atoms with Crippen molar-refractivity contribution in [3.8, 4) is 44.5 Å². The van der Waals surface area contributed by atoms with E-state index in [1.807, 2.05) is 0 Å². The van der Waals surface area contributed by atoms with Crippen molar-refractivity contribution in [1.82, 2.24) is 0 Å². The zero-order valence-corrected chi connectivity index (χ0v) is 30.8. The van der Waals surface area contributed by atoms with E-state index in [9.17, 15) is 0 Å². The summed E-state index contributed by atoms with van der Waals surface area (Å²) in [6, 6.07) is 67.6. The lowest BCUT2D eigenvalue weighted by Crippen LogP contribution is -2.05. The molecule has 0 aliphatic heterocycles. The second-order valence-electron chi connectivity index (χ2n) is 15.3. The van der Waals surface area contributed by atoms with Crippen LogP contribution in [0.3, 0.4) is 0 Å². The van der Waals surface area contributed by atoms with Crippen LogP contribution >= 0.6 is 0 Å². The lowest BCUT2D eigenvalue weighted by molar-refractivity contribution is 0.722. The summed E-state index contributed by atoms with van der Waals surface area (Å²) in [5, 5.41) is 12.9. The molecular weight excluding hydrogens is 661 g/mol. The normalized spacial score (nSPS) is 13.9. The summed E-state index contributed by atoms with van der Waals surface area (Å²) in [7, 11) is 0. The first kappa shape index (κ1) is 31.7. The minimum Gasteiger partial charge on any atom is -0.0807 e. The standard InChI is InChI=1S/C55H38/c1-35-22-31-46-52(34-41-13-3-5-15-43(41)53(46)32-35)37-25-29-39(30-26-37)55-49-20-10-8-18-47(49)54(48-19-9-11-21-50(48)55)38-27-23-36(24-28-38)51-33-40-12-2-4-14-42(40)44-16-6-7-17-45(44)51/h2-31,33-35H,32H2,1H3. The predicted molar refractivity (Wildman–Crippen MR) is 238 cm³/mol. The molecule has 0 heterocycles. The Morgan fingerprint density at radius 2 is 0.764 bits per heavy atom.